The minimum atomic E-state index is 0.821. The van der Waals surface area contributed by atoms with Crippen molar-refractivity contribution in [1.29, 1.82) is 0 Å². The van der Waals surface area contributed by atoms with Gasteiger partial charge in [-0.1, -0.05) is 36.8 Å². The molecule has 1 aliphatic rings. The second-order valence-corrected chi connectivity index (χ2v) is 5.13. The fourth-order valence-corrected chi connectivity index (χ4v) is 2.67. The summed E-state index contributed by atoms with van der Waals surface area (Å²) in [5.74, 6) is 0.949. The molecule has 1 aromatic heterocycles. The van der Waals surface area contributed by atoms with E-state index in [1.165, 1.54) is 28.1 Å². The Morgan fingerprint density at radius 2 is 2.11 bits per heavy atom. The molecule has 0 fully saturated rings. The number of aryl methyl sites for hydroxylation is 2. The first kappa shape index (κ1) is 12.3. The molecule has 3 rings (SSSR count). The first-order chi connectivity index (χ1) is 9.26. The van der Waals surface area contributed by atoms with Crippen molar-refractivity contribution in [1.82, 2.24) is 15.3 Å². The Morgan fingerprint density at radius 3 is 2.89 bits per heavy atom. The average Bonchev–Trinajstić information content (AvgIpc) is 2.86. The molecule has 0 unspecified atom stereocenters. The number of rotatable bonds is 3. The average molecular weight is 253 g/mol. The van der Waals surface area contributed by atoms with Gasteiger partial charge >= 0.3 is 0 Å². The van der Waals surface area contributed by atoms with E-state index in [0.717, 1.165) is 31.8 Å². The summed E-state index contributed by atoms with van der Waals surface area (Å²) >= 11 is 0. The van der Waals surface area contributed by atoms with Crippen LogP contribution in [-0.2, 0) is 25.9 Å². The van der Waals surface area contributed by atoms with Gasteiger partial charge in [0.2, 0.25) is 0 Å². The minimum Gasteiger partial charge on any atom is -0.307 e. The van der Waals surface area contributed by atoms with Crippen LogP contribution < -0.4 is 5.32 Å². The first-order valence-electron chi connectivity index (χ1n) is 6.90. The molecule has 0 radical (unpaired) electrons. The zero-order valence-corrected chi connectivity index (χ0v) is 11.5. The quantitative estimate of drug-likeness (QED) is 0.913. The van der Waals surface area contributed by atoms with Crippen LogP contribution in [0.15, 0.2) is 24.3 Å². The fraction of sp³-hybridized carbons (Fsp3) is 0.375. The summed E-state index contributed by atoms with van der Waals surface area (Å²) in [6.07, 6.45) is 1.80. The number of aromatic nitrogens is 2. The van der Waals surface area contributed by atoms with Gasteiger partial charge in [0.05, 0.1) is 5.69 Å². The molecule has 0 spiro atoms. The van der Waals surface area contributed by atoms with Crippen molar-refractivity contribution in [2.75, 3.05) is 0 Å². The lowest BCUT2D eigenvalue weighted by atomic mass is 10.1. The van der Waals surface area contributed by atoms with Gasteiger partial charge in [-0.15, -0.1) is 0 Å². The SMILES string of the molecule is CCc1nc(Cc2cccc(C)c2)nc2c1CNC2. The second kappa shape index (κ2) is 5.10. The summed E-state index contributed by atoms with van der Waals surface area (Å²) in [5.41, 5.74) is 6.28. The normalized spacial score (nSPS) is 13.6. The zero-order valence-electron chi connectivity index (χ0n) is 11.5. The molecular weight excluding hydrogens is 234 g/mol. The maximum atomic E-state index is 4.74. The number of benzene rings is 1. The highest BCUT2D eigenvalue weighted by atomic mass is 15.0. The van der Waals surface area contributed by atoms with E-state index in [1.54, 1.807) is 0 Å². The number of hydrogen-bond donors (Lipinski definition) is 1. The third kappa shape index (κ3) is 2.51. The Balaban J connectivity index is 1.93. The maximum absolute atomic E-state index is 4.74. The van der Waals surface area contributed by atoms with Crippen LogP contribution in [0.3, 0.4) is 0 Å². The molecule has 19 heavy (non-hydrogen) atoms. The van der Waals surface area contributed by atoms with E-state index in [2.05, 4.69) is 43.4 Å². The van der Waals surface area contributed by atoms with Crippen LogP contribution in [0, 0.1) is 6.92 Å². The summed E-state index contributed by atoms with van der Waals surface area (Å²) < 4.78 is 0. The highest BCUT2D eigenvalue weighted by molar-refractivity contribution is 5.31. The van der Waals surface area contributed by atoms with Gasteiger partial charge in [0.25, 0.3) is 0 Å². The molecule has 0 saturated heterocycles. The highest BCUT2D eigenvalue weighted by Gasteiger charge is 2.17. The van der Waals surface area contributed by atoms with Crippen molar-refractivity contribution >= 4 is 0 Å². The van der Waals surface area contributed by atoms with Crippen LogP contribution in [0.25, 0.3) is 0 Å². The monoisotopic (exact) mass is 253 g/mol. The van der Waals surface area contributed by atoms with Gasteiger partial charge < -0.3 is 5.32 Å². The largest absolute Gasteiger partial charge is 0.307 e. The fourth-order valence-electron chi connectivity index (χ4n) is 2.67. The summed E-state index contributed by atoms with van der Waals surface area (Å²) in [7, 11) is 0. The number of nitrogens with zero attached hydrogens (tertiary/aromatic N) is 2. The smallest absolute Gasteiger partial charge is 0.133 e. The van der Waals surface area contributed by atoms with Gasteiger partial charge in [0.1, 0.15) is 5.82 Å². The van der Waals surface area contributed by atoms with Crippen molar-refractivity contribution in [2.45, 2.75) is 39.8 Å². The predicted octanol–water partition coefficient (Wildman–Crippen LogP) is 2.54. The van der Waals surface area contributed by atoms with Gasteiger partial charge in [-0.05, 0) is 18.9 Å². The van der Waals surface area contributed by atoms with Gasteiger partial charge in [0.15, 0.2) is 0 Å². The second-order valence-electron chi connectivity index (χ2n) is 5.13. The summed E-state index contributed by atoms with van der Waals surface area (Å²) in [4.78, 5) is 9.45. The highest BCUT2D eigenvalue weighted by Crippen LogP contribution is 2.19. The van der Waals surface area contributed by atoms with Crippen LogP contribution in [-0.4, -0.2) is 9.97 Å². The minimum absolute atomic E-state index is 0.821. The van der Waals surface area contributed by atoms with Crippen molar-refractivity contribution in [3.05, 3.63) is 58.2 Å². The third-order valence-electron chi connectivity index (χ3n) is 3.60. The lowest BCUT2D eigenvalue weighted by Gasteiger charge is -2.08. The topological polar surface area (TPSA) is 37.8 Å². The van der Waals surface area contributed by atoms with Gasteiger partial charge in [-0.2, -0.15) is 0 Å². The van der Waals surface area contributed by atoms with Crippen molar-refractivity contribution in [3.63, 3.8) is 0 Å². The molecule has 2 heterocycles. The van der Waals surface area contributed by atoms with Gasteiger partial charge in [-0.25, -0.2) is 9.97 Å². The summed E-state index contributed by atoms with van der Waals surface area (Å²) in [6.45, 7) is 6.08. The Labute approximate surface area is 114 Å². The molecule has 1 N–H and O–H groups in total. The van der Waals surface area contributed by atoms with Crippen molar-refractivity contribution < 1.29 is 0 Å². The van der Waals surface area contributed by atoms with E-state index in [-0.39, 0.29) is 0 Å². The lowest BCUT2D eigenvalue weighted by molar-refractivity contribution is 0.754. The maximum Gasteiger partial charge on any atom is 0.133 e. The van der Waals surface area contributed by atoms with Crippen LogP contribution in [0.5, 0.6) is 0 Å². The number of nitrogens with one attached hydrogen (secondary N) is 1. The van der Waals surface area contributed by atoms with E-state index >= 15 is 0 Å². The molecule has 0 atom stereocenters. The zero-order chi connectivity index (χ0) is 13.2. The molecule has 2 aromatic rings. The molecular formula is C16H19N3. The summed E-state index contributed by atoms with van der Waals surface area (Å²) in [6, 6.07) is 8.57. The third-order valence-corrected chi connectivity index (χ3v) is 3.60. The molecule has 0 amide bonds. The first-order valence-corrected chi connectivity index (χ1v) is 6.90. The van der Waals surface area contributed by atoms with Crippen molar-refractivity contribution in [2.24, 2.45) is 0 Å². The standard InChI is InChI=1S/C16H19N3/c1-3-14-13-9-17-10-15(13)19-16(18-14)8-12-6-4-5-11(2)7-12/h4-7,17H,3,8-10H2,1-2H3. The van der Waals surface area contributed by atoms with E-state index in [0.29, 0.717) is 0 Å². The van der Waals surface area contributed by atoms with Crippen LogP contribution in [0.1, 0.15) is 40.8 Å². The van der Waals surface area contributed by atoms with Crippen LogP contribution >= 0.6 is 0 Å². The van der Waals surface area contributed by atoms with Crippen LogP contribution in [0.4, 0.5) is 0 Å². The van der Waals surface area contributed by atoms with E-state index < -0.39 is 0 Å². The van der Waals surface area contributed by atoms with Gasteiger partial charge in [-0.3, -0.25) is 0 Å². The number of hydrogen-bond acceptors (Lipinski definition) is 3. The Kier molecular flexibility index (Phi) is 3.30. The molecule has 3 nitrogen and oxygen atoms in total. The lowest BCUT2D eigenvalue weighted by Crippen LogP contribution is -2.06. The van der Waals surface area contributed by atoms with Gasteiger partial charge in [0, 0.05) is 30.8 Å². The number of fused-ring (bicyclic) bond motifs is 1. The Hall–Kier alpha value is -1.74. The Bertz CT molecular complexity index is 605. The van der Waals surface area contributed by atoms with E-state index in [4.69, 9.17) is 9.97 Å². The Morgan fingerprint density at radius 1 is 1.21 bits per heavy atom. The molecule has 3 heteroatoms. The van der Waals surface area contributed by atoms with E-state index in [1.807, 2.05) is 0 Å². The van der Waals surface area contributed by atoms with E-state index in [9.17, 15) is 0 Å². The molecule has 0 bridgehead atoms. The molecule has 1 aromatic carbocycles. The van der Waals surface area contributed by atoms with Crippen LogP contribution in [0.2, 0.25) is 0 Å². The molecule has 98 valence electrons. The predicted molar refractivity (Wildman–Crippen MR) is 75.9 cm³/mol. The molecule has 0 aliphatic carbocycles. The summed E-state index contributed by atoms with van der Waals surface area (Å²) in [5, 5.41) is 3.36. The molecule has 0 saturated carbocycles. The van der Waals surface area contributed by atoms with Crippen molar-refractivity contribution in [3.8, 4) is 0 Å². The molecule has 1 aliphatic heterocycles.